The Bertz CT molecular complexity index is 1180. The molecule has 6 heteroatoms. The number of benzene rings is 1. The molecule has 32 heavy (non-hydrogen) atoms. The minimum absolute atomic E-state index is 0.0581. The number of pyridine rings is 1. The summed E-state index contributed by atoms with van der Waals surface area (Å²) >= 11 is 3.40. The van der Waals surface area contributed by atoms with E-state index in [0.717, 1.165) is 23.9 Å². The van der Waals surface area contributed by atoms with Crippen LogP contribution in [0, 0.1) is 5.92 Å². The number of halogens is 1. The van der Waals surface area contributed by atoms with Crippen molar-refractivity contribution >= 4 is 32.7 Å². The molecule has 0 bridgehead atoms. The van der Waals surface area contributed by atoms with Gasteiger partial charge in [0.05, 0.1) is 5.56 Å². The van der Waals surface area contributed by atoms with E-state index < -0.39 is 0 Å². The number of amides is 1. The van der Waals surface area contributed by atoms with Crippen LogP contribution in [0.2, 0.25) is 0 Å². The molecule has 0 saturated carbocycles. The zero-order valence-corrected chi connectivity index (χ0v) is 20.8. The number of nitrogens with one attached hydrogen (secondary N) is 2. The van der Waals surface area contributed by atoms with Gasteiger partial charge < -0.3 is 15.2 Å². The van der Waals surface area contributed by atoms with E-state index in [9.17, 15) is 4.79 Å². The first kappa shape index (κ1) is 21.7. The monoisotopic (exact) mass is 494 g/mol. The van der Waals surface area contributed by atoms with E-state index in [4.69, 9.17) is 0 Å². The fourth-order valence-corrected chi connectivity index (χ4v) is 5.95. The fourth-order valence-electron chi connectivity index (χ4n) is 5.58. The van der Waals surface area contributed by atoms with Gasteiger partial charge >= 0.3 is 0 Å². The maximum atomic E-state index is 12.7. The number of aromatic amines is 1. The van der Waals surface area contributed by atoms with Crippen molar-refractivity contribution in [2.75, 3.05) is 20.1 Å². The van der Waals surface area contributed by atoms with Gasteiger partial charge in [-0.2, -0.15) is 0 Å². The van der Waals surface area contributed by atoms with Crippen molar-refractivity contribution < 1.29 is 4.79 Å². The van der Waals surface area contributed by atoms with Crippen molar-refractivity contribution in [3.63, 3.8) is 0 Å². The number of nitrogens with zero attached hydrogens (tertiary/aromatic N) is 2. The first-order chi connectivity index (χ1) is 15.2. The summed E-state index contributed by atoms with van der Waals surface area (Å²) in [6, 6.07) is 7.12. The molecule has 2 aliphatic rings. The molecule has 1 aromatic carbocycles. The van der Waals surface area contributed by atoms with Gasteiger partial charge in [-0.3, -0.25) is 9.78 Å². The molecule has 1 fully saturated rings. The molecule has 0 unspecified atom stereocenters. The van der Waals surface area contributed by atoms with E-state index in [0.29, 0.717) is 30.0 Å². The van der Waals surface area contributed by atoms with Crippen molar-refractivity contribution in [3.8, 4) is 0 Å². The first-order valence-electron chi connectivity index (χ1n) is 11.4. The highest BCUT2D eigenvalue weighted by atomic mass is 79.9. The summed E-state index contributed by atoms with van der Waals surface area (Å²) in [5, 5.41) is 4.58. The van der Waals surface area contributed by atoms with Gasteiger partial charge in [0.1, 0.15) is 0 Å². The van der Waals surface area contributed by atoms with Crippen LogP contribution in [0.15, 0.2) is 41.3 Å². The summed E-state index contributed by atoms with van der Waals surface area (Å²) in [5.41, 5.74) is 6.27. The number of carbonyl (C=O) groups is 1. The lowest BCUT2D eigenvalue weighted by atomic mass is 9.71. The third kappa shape index (κ3) is 3.88. The Balaban J connectivity index is 1.40. The van der Waals surface area contributed by atoms with Crippen molar-refractivity contribution in [2.45, 2.75) is 51.0 Å². The Hall–Kier alpha value is -2.18. The van der Waals surface area contributed by atoms with E-state index in [1.165, 1.54) is 27.6 Å². The molecule has 3 heterocycles. The van der Waals surface area contributed by atoms with Gasteiger partial charge in [-0.15, -0.1) is 0 Å². The Morgan fingerprint density at radius 3 is 2.84 bits per heavy atom. The zero-order valence-electron chi connectivity index (χ0n) is 19.2. The molecule has 3 aromatic rings. The Morgan fingerprint density at radius 1 is 1.28 bits per heavy atom. The second kappa shape index (κ2) is 7.99. The summed E-state index contributed by atoms with van der Waals surface area (Å²) in [5.74, 6) is 0.840. The van der Waals surface area contributed by atoms with Gasteiger partial charge in [0.2, 0.25) is 0 Å². The van der Waals surface area contributed by atoms with Crippen molar-refractivity contribution in [1.29, 1.82) is 0 Å². The lowest BCUT2D eigenvalue weighted by molar-refractivity contribution is 0.0890. The maximum Gasteiger partial charge on any atom is 0.252 e. The lowest BCUT2D eigenvalue weighted by Crippen LogP contribution is -2.50. The quantitative estimate of drug-likeness (QED) is 0.537. The van der Waals surface area contributed by atoms with Crippen LogP contribution in [-0.4, -0.2) is 47.0 Å². The molecule has 168 valence electrons. The molecule has 2 N–H and O–H groups in total. The number of likely N-dealkylation sites (N-methyl/N-ethyl adjacent to an activating group) is 1. The molecule has 3 atom stereocenters. The summed E-state index contributed by atoms with van der Waals surface area (Å²) in [6.45, 7) is 8.54. The van der Waals surface area contributed by atoms with Crippen molar-refractivity contribution in [2.24, 2.45) is 5.92 Å². The third-order valence-electron chi connectivity index (χ3n) is 7.27. The second-order valence-electron chi connectivity index (χ2n) is 10.6. The van der Waals surface area contributed by atoms with Crippen LogP contribution in [0.5, 0.6) is 0 Å². The standard InChI is InChI=1S/C26H31BrN4O/c1-26(2,3)18-8-21-20-5-15(10-30-25(32)17-6-19(27)13-28-11-17)14-31(4)23(20)7-16-12-29-22(9-18)24(16)21/h6,8-9,11-13,15,20,23,29H,5,7,10,14H2,1-4H3,(H,30,32)/t15-,20+,23+/m0/s1. The summed E-state index contributed by atoms with van der Waals surface area (Å²) in [7, 11) is 2.24. The van der Waals surface area contributed by atoms with Gasteiger partial charge in [-0.25, -0.2) is 0 Å². The molecular weight excluding hydrogens is 464 g/mol. The van der Waals surface area contributed by atoms with Gasteiger partial charge in [-0.1, -0.05) is 26.8 Å². The highest BCUT2D eigenvalue weighted by Crippen LogP contribution is 2.45. The van der Waals surface area contributed by atoms with E-state index in [1.807, 2.05) is 6.07 Å². The zero-order chi connectivity index (χ0) is 22.6. The number of aromatic nitrogens is 2. The minimum atomic E-state index is -0.0581. The highest BCUT2D eigenvalue weighted by Gasteiger charge is 2.40. The molecule has 5 nitrogen and oxygen atoms in total. The number of hydrogen-bond acceptors (Lipinski definition) is 3. The van der Waals surface area contributed by atoms with Crippen LogP contribution in [0.4, 0.5) is 0 Å². The minimum Gasteiger partial charge on any atom is -0.361 e. The number of carbonyl (C=O) groups excluding carboxylic acids is 1. The normalized spacial score (nSPS) is 23.2. The maximum absolute atomic E-state index is 12.7. The van der Waals surface area contributed by atoms with Crippen LogP contribution >= 0.6 is 15.9 Å². The molecule has 5 rings (SSSR count). The molecular formula is C26H31BrN4O. The molecule has 0 spiro atoms. The Morgan fingerprint density at radius 2 is 2.09 bits per heavy atom. The van der Waals surface area contributed by atoms with Gasteiger partial charge in [0.25, 0.3) is 5.91 Å². The Kier molecular flexibility index (Phi) is 5.41. The van der Waals surface area contributed by atoms with E-state index in [-0.39, 0.29) is 11.3 Å². The second-order valence-corrected chi connectivity index (χ2v) is 11.5. The van der Waals surface area contributed by atoms with Gasteiger partial charge in [0.15, 0.2) is 0 Å². The molecule has 2 aromatic heterocycles. The van der Waals surface area contributed by atoms with Gasteiger partial charge in [-0.05, 0) is 76.0 Å². The average Bonchev–Trinajstić information content (AvgIpc) is 3.16. The van der Waals surface area contributed by atoms with E-state index >= 15 is 0 Å². The van der Waals surface area contributed by atoms with Crippen molar-refractivity contribution in [1.82, 2.24) is 20.2 Å². The number of rotatable bonds is 3. The summed E-state index contributed by atoms with van der Waals surface area (Å²) in [4.78, 5) is 22.8. The van der Waals surface area contributed by atoms with Crippen LogP contribution < -0.4 is 5.32 Å². The third-order valence-corrected chi connectivity index (χ3v) is 7.70. The number of fused-ring (bicyclic) bond motifs is 2. The van der Waals surface area contributed by atoms with Crippen LogP contribution in [-0.2, 0) is 11.8 Å². The predicted molar refractivity (Wildman–Crippen MR) is 132 cm³/mol. The SMILES string of the molecule is CN1C[C@H](CNC(=O)c2cncc(Br)c2)C[C@@H]2c3cc(C(C)(C)C)cc4[nH]cc(c34)C[C@H]21. The summed E-state index contributed by atoms with van der Waals surface area (Å²) in [6.07, 6.45) is 7.71. The number of H-pyrrole nitrogens is 1. The Labute approximate surface area is 198 Å². The summed E-state index contributed by atoms with van der Waals surface area (Å²) < 4.78 is 0.817. The molecule has 1 saturated heterocycles. The lowest BCUT2D eigenvalue weighted by Gasteiger charge is -2.46. The van der Waals surface area contributed by atoms with Crippen LogP contribution in [0.1, 0.15) is 60.2 Å². The largest absolute Gasteiger partial charge is 0.361 e. The van der Waals surface area contributed by atoms with Crippen LogP contribution in [0.25, 0.3) is 10.9 Å². The fraction of sp³-hybridized carbons (Fsp3) is 0.462. The first-order valence-corrected chi connectivity index (χ1v) is 12.2. The number of piperidine rings is 1. The van der Waals surface area contributed by atoms with Gasteiger partial charge in [0, 0.05) is 59.0 Å². The molecule has 1 amide bonds. The predicted octanol–water partition coefficient (Wildman–Crippen LogP) is 5.01. The topological polar surface area (TPSA) is 61.0 Å². The van der Waals surface area contributed by atoms with Crippen LogP contribution in [0.3, 0.4) is 0 Å². The van der Waals surface area contributed by atoms with E-state index in [2.05, 4.69) is 82.3 Å². The van der Waals surface area contributed by atoms with Crippen molar-refractivity contribution in [3.05, 3.63) is 63.5 Å². The highest BCUT2D eigenvalue weighted by molar-refractivity contribution is 9.10. The molecule has 1 aliphatic heterocycles. The smallest absolute Gasteiger partial charge is 0.252 e. The van der Waals surface area contributed by atoms with E-state index in [1.54, 1.807) is 12.4 Å². The number of likely N-dealkylation sites (tertiary alicyclic amines) is 1. The molecule has 1 aliphatic carbocycles. The molecule has 0 radical (unpaired) electrons. The number of hydrogen-bond donors (Lipinski definition) is 2. The average molecular weight is 495 g/mol.